The lowest BCUT2D eigenvalue weighted by molar-refractivity contribution is 0.170. The summed E-state index contributed by atoms with van der Waals surface area (Å²) in [6.45, 7) is 9.60. The molecule has 2 heterocycles. The van der Waals surface area contributed by atoms with Crippen LogP contribution in [0.3, 0.4) is 0 Å². The van der Waals surface area contributed by atoms with Crippen LogP contribution in [0.15, 0.2) is 24.3 Å². The maximum absolute atomic E-state index is 8.18. The second-order valence-electron chi connectivity index (χ2n) is 6.51. The Bertz CT molecular complexity index is 690. The molecule has 0 bridgehead atoms. The lowest BCUT2D eigenvalue weighted by Gasteiger charge is -2.32. The van der Waals surface area contributed by atoms with Crippen molar-refractivity contribution < 1.29 is 4.74 Å². The standard InChI is InChI=1S/C19H28N4OS/c1-3-22(4-2)13-14-24-19(20)23-11-9-15(10-12-23)18-16-7-5-6-8-17(16)25-21-18/h5-8,15,20H,3-4,9-14H2,1-2H3. The number of nitrogens with one attached hydrogen (secondary N) is 1. The van der Waals surface area contributed by atoms with E-state index in [1.165, 1.54) is 15.8 Å². The lowest BCUT2D eigenvalue weighted by atomic mass is 9.92. The van der Waals surface area contributed by atoms with Crippen LogP contribution in [0.25, 0.3) is 10.1 Å². The second kappa shape index (κ2) is 8.63. The Balaban J connectivity index is 1.49. The van der Waals surface area contributed by atoms with Gasteiger partial charge in [0.25, 0.3) is 6.02 Å². The monoisotopic (exact) mass is 360 g/mol. The topological polar surface area (TPSA) is 52.5 Å². The molecule has 1 aromatic heterocycles. The Morgan fingerprint density at radius 1 is 1.28 bits per heavy atom. The number of nitrogens with zero attached hydrogens (tertiary/aromatic N) is 3. The number of benzene rings is 1. The molecule has 1 aliphatic rings. The highest BCUT2D eigenvalue weighted by Crippen LogP contribution is 2.34. The van der Waals surface area contributed by atoms with Crippen LogP contribution in [-0.2, 0) is 4.74 Å². The summed E-state index contributed by atoms with van der Waals surface area (Å²) < 4.78 is 11.6. The van der Waals surface area contributed by atoms with E-state index in [0.717, 1.165) is 45.6 Å². The summed E-state index contributed by atoms with van der Waals surface area (Å²) in [5, 5.41) is 9.49. The molecular weight excluding hydrogens is 332 g/mol. The molecule has 1 aliphatic heterocycles. The van der Waals surface area contributed by atoms with Crippen LogP contribution in [0.1, 0.15) is 38.3 Å². The van der Waals surface area contributed by atoms with E-state index in [4.69, 9.17) is 14.5 Å². The van der Waals surface area contributed by atoms with Crippen molar-refractivity contribution in [3.8, 4) is 0 Å². The van der Waals surface area contributed by atoms with Gasteiger partial charge in [-0.3, -0.25) is 5.41 Å². The number of piperidine rings is 1. The molecule has 1 aromatic carbocycles. The molecule has 1 saturated heterocycles. The Hall–Kier alpha value is -1.66. The maximum Gasteiger partial charge on any atom is 0.284 e. The molecular formula is C19H28N4OS. The Morgan fingerprint density at radius 3 is 2.72 bits per heavy atom. The third-order valence-corrected chi connectivity index (χ3v) is 5.96. The Morgan fingerprint density at radius 2 is 2.00 bits per heavy atom. The summed E-state index contributed by atoms with van der Waals surface area (Å²) in [6.07, 6.45) is 2.07. The zero-order valence-electron chi connectivity index (χ0n) is 15.2. The molecule has 0 aliphatic carbocycles. The van der Waals surface area contributed by atoms with Gasteiger partial charge in [0.2, 0.25) is 0 Å². The SMILES string of the molecule is CCN(CC)CCOC(=N)N1CCC(c2nsc3ccccc23)CC1. The van der Waals surface area contributed by atoms with E-state index in [2.05, 4.69) is 47.9 Å². The molecule has 0 atom stereocenters. The number of rotatable bonds is 6. The number of likely N-dealkylation sites (tertiary alicyclic amines) is 1. The van der Waals surface area contributed by atoms with Crippen molar-refractivity contribution >= 4 is 27.6 Å². The number of ether oxygens (including phenoxy) is 1. The van der Waals surface area contributed by atoms with Crippen LogP contribution in [0.5, 0.6) is 0 Å². The third-order valence-electron chi connectivity index (χ3n) is 5.11. The minimum absolute atomic E-state index is 0.328. The fourth-order valence-electron chi connectivity index (χ4n) is 3.46. The average Bonchev–Trinajstić information content (AvgIpc) is 3.09. The van der Waals surface area contributed by atoms with E-state index in [1.54, 1.807) is 11.5 Å². The summed E-state index contributed by atoms with van der Waals surface area (Å²) in [5.74, 6) is 0.496. The number of likely N-dealkylation sites (N-methyl/N-ethyl adjacent to an activating group) is 1. The largest absolute Gasteiger partial charge is 0.464 e. The van der Waals surface area contributed by atoms with E-state index in [-0.39, 0.29) is 0 Å². The first-order valence-electron chi connectivity index (χ1n) is 9.25. The van der Waals surface area contributed by atoms with Crippen LogP contribution in [0, 0.1) is 5.41 Å². The summed E-state index contributed by atoms with van der Waals surface area (Å²) in [7, 11) is 0. The van der Waals surface area contributed by atoms with Gasteiger partial charge < -0.3 is 14.5 Å². The van der Waals surface area contributed by atoms with Gasteiger partial charge in [0.05, 0.1) is 10.4 Å². The highest BCUT2D eigenvalue weighted by Gasteiger charge is 2.25. The van der Waals surface area contributed by atoms with E-state index >= 15 is 0 Å². The molecule has 25 heavy (non-hydrogen) atoms. The summed E-state index contributed by atoms with van der Waals surface area (Å²) >= 11 is 1.60. The van der Waals surface area contributed by atoms with Gasteiger partial charge in [-0.15, -0.1) is 0 Å². The molecule has 6 heteroatoms. The van der Waals surface area contributed by atoms with Gasteiger partial charge in [0.15, 0.2) is 0 Å². The maximum atomic E-state index is 8.18. The van der Waals surface area contributed by atoms with Crippen molar-refractivity contribution in [1.82, 2.24) is 14.2 Å². The van der Waals surface area contributed by atoms with Crippen LogP contribution >= 0.6 is 11.5 Å². The Labute approximate surface area is 154 Å². The van der Waals surface area contributed by atoms with Crippen molar-refractivity contribution in [3.05, 3.63) is 30.0 Å². The van der Waals surface area contributed by atoms with Gasteiger partial charge in [-0.2, -0.15) is 4.37 Å². The number of hydrogen-bond donors (Lipinski definition) is 1. The first kappa shape index (κ1) is 18.1. The quantitative estimate of drug-likeness (QED) is 0.629. The Kier molecular flexibility index (Phi) is 6.26. The van der Waals surface area contributed by atoms with E-state index < -0.39 is 0 Å². The van der Waals surface area contributed by atoms with E-state index in [9.17, 15) is 0 Å². The van der Waals surface area contributed by atoms with Crippen LogP contribution < -0.4 is 0 Å². The predicted molar refractivity (Wildman–Crippen MR) is 105 cm³/mol. The fraction of sp³-hybridized carbons (Fsp3) is 0.579. The van der Waals surface area contributed by atoms with Crippen molar-refractivity contribution in [1.29, 1.82) is 5.41 Å². The average molecular weight is 361 g/mol. The first-order chi connectivity index (χ1) is 12.2. The summed E-state index contributed by atoms with van der Waals surface area (Å²) in [5.41, 5.74) is 1.24. The molecule has 0 radical (unpaired) electrons. The molecule has 5 nitrogen and oxygen atoms in total. The summed E-state index contributed by atoms with van der Waals surface area (Å²) in [4.78, 5) is 4.38. The van der Waals surface area contributed by atoms with Crippen LogP contribution in [-0.4, -0.2) is 59.5 Å². The van der Waals surface area contributed by atoms with Gasteiger partial charge in [-0.05, 0) is 43.5 Å². The molecule has 2 aromatic rings. The van der Waals surface area contributed by atoms with Crippen molar-refractivity contribution in [2.45, 2.75) is 32.6 Å². The smallest absolute Gasteiger partial charge is 0.284 e. The lowest BCUT2D eigenvalue weighted by Crippen LogP contribution is -2.40. The van der Waals surface area contributed by atoms with Gasteiger partial charge in [0.1, 0.15) is 6.61 Å². The number of amidine groups is 1. The number of aromatic nitrogens is 1. The molecule has 1 N–H and O–H groups in total. The van der Waals surface area contributed by atoms with E-state index in [0.29, 0.717) is 18.5 Å². The van der Waals surface area contributed by atoms with Crippen LogP contribution in [0.4, 0.5) is 0 Å². The highest BCUT2D eigenvalue weighted by molar-refractivity contribution is 7.13. The highest BCUT2D eigenvalue weighted by atomic mass is 32.1. The fourth-order valence-corrected chi connectivity index (χ4v) is 4.31. The van der Waals surface area contributed by atoms with Gasteiger partial charge >= 0.3 is 0 Å². The van der Waals surface area contributed by atoms with Crippen LogP contribution in [0.2, 0.25) is 0 Å². The van der Waals surface area contributed by atoms with Crippen molar-refractivity contribution in [2.75, 3.05) is 39.3 Å². The zero-order valence-corrected chi connectivity index (χ0v) is 16.0. The van der Waals surface area contributed by atoms with Gasteiger partial charge in [-0.25, -0.2) is 0 Å². The minimum Gasteiger partial charge on any atom is -0.464 e. The molecule has 1 fully saturated rings. The van der Waals surface area contributed by atoms with Crippen molar-refractivity contribution in [2.24, 2.45) is 0 Å². The second-order valence-corrected chi connectivity index (χ2v) is 7.31. The van der Waals surface area contributed by atoms with Gasteiger partial charge in [0, 0.05) is 30.9 Å². The first-order valence-corrected chi connectivity index (χ1v) is 10.0. The molecule has 0 saturated carbocycles. The summed E-state index contributed by atoms with van der Waals surface area (Å²) in [6, 6.07) is 8.82. The van der Waals surface area contributed by atoms with Gasteiger partial charge in [-0.1, -0.05) is 32.0 Å². The minimum atomic E-state index is 0.328. The molecule has 0 spiro atoms. The normalized spacial score (nSPS) is 15.9. The molecule has 0 unspecified atom stereocenters. The molecule has 136 valence electrons. The number of fused-ring (bicyclic) bond motifs is 1. The third kappa shape index (κ3) is 4.30. The molecule has 0 amide bonds. The number of hydrogen-bond acceptors (Lipinski definition) is 5. The van der Waals surface area contributed by atoms with E-state index in [1.807, 2.05) is 0 Å². The predicted octanol–water partition coefficient (Wildman–Crippen LogP) is 3.77. The zero-order chi connectivity index (χ0) is 17.6. The van der Waals surface area contributed by atoms with Crippen molar-refractivity contribution in [3.63, 3.8) is 0 Å². The molecule has 3 rings (SSSR count).